The summed E-state index contributed by atoms with van der Waals surface area (Å²) in [4.78, 5) is 0. The summed E-state index contributed by atoms with van der Waals surface area (Å²) < 4.78 is 0. The van der Waals surface area contributed by atoms with Crippen LogP contribution in [0.2, 0.25) is 0 Å². The molecule has 1 unspecified atom stereocenters. The molecule has 0 aliphatic carbocycles. The zero-order valence-electron chi connectivity index (χ0n) is 1.56. The second kappa shape index (κ2) is 38.7. The predicted octanol–water partition coefficient (Wildman–Crippen LogP) is -3.12. The molecule has 0 saturated heterocycles. The van der Waals surface area contributed by atoms with Gasteiger partial charge in [0.05, 0.1) is 0 Å². The second-order valence-corrected chi connectivity index (χ2v) is 0. The Bertz CT molecular complexity index is 15.5. The van der Waals surface area contributed by atoms with Crippen molar-refractivity contribution in [3.05, 3.63) is 0 Å². The molecular formula is H13CaFeMgPSSi. The van der Waals surface area contributed by atoms with Crippen molar-refractivity contribution in [1.29, 1.82) is 0 Å². The van der Waals surface area contributed by atoms with E-state index in [-0.39, 0.29) is 112 Å². The fourth-order valence-corrected chi connectivity index (χ4v) is 0. The first-order valence-corrected chi connectivity index (χ1v) is 0. The van der Waals surface area contributed by atoms with Gasteiger partial charge in [0.25, 0.3) is 0 Å². The average molecular weight is 224 g/mol. The number of rotatable bonds is 0. The van der Waals surface area contributed by atoms with E-state index in [1.165, 1.54) is 0 Å². The Morgan fingerprint density at radius 3 is 1.00 bits per heavy atom. The van der Waals surface area contributed by atoms with Gasteiger partial charge in [-0.25, -0.2) is 0 Å². The first kappa shape index (κ1) is 55.5. The van der Waals surface area contributed by atoms with E-state index in [1.54, 1.807) is 0 Å². The summed E-state index contributed by atoms with van der Waals surface area (Å²) in [5, 5.41) is 0. The van der Waals surface area contributed by atoms with E-state index in [4.69, 9.17) is 0 Å². The maximum absolute atomic E-state index is 0. The van der Waals surface area contributed by atoms with Gasteiger partial charge in [-0.3, -0.25) is 0 Å². The van der Waals surface area contributed by atoms with Crippen molar-refractivity contribution in [2.24, 2.45) is 0 Å². The Morgan fingerprint density at radius 1 is 1.00 bits per heavy atom. The molecule has 0 N–H and O–H groups in total. The molecule has 0 aromatic carbocycles. The summed E-state index contributed by atoms with van der Waals surface area (Å²) in [6.07, 6.45) is 0. The van der Waals surface area contributed by atoms with Crippen LogP contribution in [0.15, 0.2) is 0 Å². The van der Waals surface area contributed by atoms with Crippen LogP contribution in [0.3, 0.4) is 0 Å². The van der Waals surface area contributed by atoms with Gasteiger partial charge in [-0.15, -0.1) is 0 Å². The van der Waals surface area contributed by atoms with Gasteiger partial charge in [-0.05, 0) is 11.0 Å². The average Bonchev–Trinajstić information content (AvgIpc) is 0. The van der Waals surface area contributed by atoms with E-state index in [9.17, 15) is 0 Å². The molecule has 0 spiro atoms. The molecule has 6 heavy (non-hydrogen) atoms. The SMILES string of the molecule is P.S.[CaH2].[Fe].[MgH2].[SiH4]. The first-order valence-electron chi connectivity index (χ1n) is 0. The van der Waals surface area contributed by atoms with Crippen LogP contribution < -0.4 is 0 Å². The van der Waals surface area contributed by atoms with Crippen molar-refractivity contribution >= 4 is 95.2 Å². The van der Waals surface area contributed by atoms with Crippen molar-refractivity contribution < 1.29 is 17.1 Å². The quantitative estimate of drug-likeness (QED) is 0.302. The molecule has 40 valence electrons. The molecule has 0 aromatic rings. The second-order valence-electron chi connectivity index (χ2n) is 0. The molecule has 0 radical (unpaired) electrons. The Kier molecular flexibility index (Phi) is 358. The molecule has 0 aliphatic heterocycles. The molecule has 6 heteroatoms. The summed E-state index contributed by atoms with van der Waals surface area (Å²) in [5.41, 5.74) is 0. The number of hydrogen-bond donors (Lipinski definition) is 0. The fourth-order valence-electron chi connectivity index (χ4n) is 0. The smallest absolute Gasteiger partial charge is 0.0149 e. The topological polar surface area (TPSA) is 0 Å². The van der Waals surface area contributed by atoms with Crippen molar-refractivity contribution in [1.82, 2.24) is 0 Å². The maximum Gasteiger partial charge on any atom is 0.316 e. The van der Waals surface area contributed by atoms with Crippen LogP contribution in [-0.4, -0.2) is 71.8 Å². The van der Waals surface area contributed by atoms with Crippen LogP contribution in [0.5, 0.6) is 0 Å². The van der Waals surface area contributed by atoms with Crippen LogP contribution in [0.25, 0.3) is 0 Å². The third kappa shape index (κ3) is 25.7. The van der Waals surface area contributed by atoms with Crippen LogP contribution >= 0.6 is 23.4 Å². The third-order valence-corrected chi connectivity index (χ3v) is 0. The largest absolute Gasteiger partial charge is 0.316 e. The minimum Gasteiger partial charge on any atom is -0.0149 e. The molecule has 0 aromatic heterocycles. The zero-order chi connectivity index (χ0) is 0. The fraction of sp³-hybridized carbons (Fsp3) is 0. The minimum absolute atomic E-state index is 0. The standard InChI is InChI=1S/Ca.Fe.Mg.H3P.H2S.H4Si.4H/h;;;1H3;1H2;1H4;;;;. The Balaban J connectivity index is 0. The monoisotopic (exact) mass is 224 g/mol. The molecule has 0 fully saturated rings. The van der Waals surface area contributed by atoms with Gasteiger partial charge < -0.3 is 0 Å². The van der Waals surface area contributed by atoms with Crippen molar-refractivity contribution in [3.8, 4) is 0 Å². The minimum atomic E-state index is 0. The summed E-state index contributed by atoms with van der Waals surface area (Å²) in [5.74, 6) is 0. The van der Waals surface area contributed by atoms with Gasteiger partial charge >= 0.3 is 60.8 Å². The Hall–Kier alpha value is 3.54. The summed E-state index contributed by atoms with van der Waals surface area (Å²) >= 11 is 0. The van der Waals surface area contributed by atoms with E-state index in [2.05, 4.69) is 0 Å². The Morgan fingerprint density at radius 2 is 1.00 bits per heavy atom. The molecule has 0 aliphatic rings. The van der Waals surface area contributed by atoms with E-state index in [0.717, 1.165) is 0 Å². The zero-order valence-corrected chi connectivity index (χ0v) is 5.08. The van der Waals surface area contributed by atoms with Gasteiger partial charge in [-0.2, -0.15) is 23.4 Å². The van der Waals surface area contributed by atoms with Gasteiger partial charge in [0.1, 0.15) is 0 Å². The Labute approximate surface area is 110 Å². The maximum atomic E-state index is 0. The predicted molar refractivity (Wildman–Crippen MR) is 49.9 cm³/mol. The molecule has 1 atom stereocenters. The van der Waals surface area contributed by atoms with E-state index >= 15 is 0 Å². The molecule has 0 rings (SSSR count). The van der Waals surface area contributed by atoms with E-state index in [1.807, 2.05) is 0 Å². The van der Waals surface area contributed by atoms with E-state index in [0.29, 0.717) is 0 Å². The van der Waals surface area contributed by atoms with Crippen LogP contribution in [0.4, 0.5) is 0 Å². The van der Waals surface area contributed by atoms with Crippen molar-refractivity contribution in [2.75, 3.05) is 0 Å². The summed E-state index contributed by atoms with van der Waals surface area (Å²) in [6, 6.07) is 0. The molecule has 0 saturated carbocycles. The van der Waals surface area contributed by atoms with E-state index < -0.39 is 0 Å². The molecule has 0 bridgehead atoms. The first-order chi connectivity index (χ1) is 0. The van der Waals surface area contributed by atoms with Gasteiger partial charge in [0.15, 0.2) is 0 Å². The molecular weight excluding hydrogens is 211 g/mol. The normalized spacial score (nSPS) is 0. The molecule has 0 amide bonds. The van der Waals surface area contributed by atoms with Gasteiger partial charge in [-0.1, -0.05) is 0 Å². The van der Waals surface area contributed by atoms with Crippen molar-refractivity contribution in [3.63, 3.8) is 0 Å². The van der Waals surface area contributed by atoms with Crippen molar-refractivity contribution in [2.45, 2.75) is 0 Å². The summed E-state index contributed by atoms with van der Waals surface area (Å²) in [7, 11) is 0. The molecule has 0 nitrogen and oxygen atoms in total. The number of hydrogen-bond acceptors (Lipinski definition) is 0. The van der Waals surface area contributed by atoms with Crippen LogP contribution in [0.1, 0.15) is 0 Å². The molecule has 0 heterocycles. The third-order valence-electron chi connectivity index (χ3n) is 0. The van der Waals surface area contributed by atoms with Crippen LogP contribution in [0, 0.1) is 0 Å². The van der Waals surface area contributed by atoms with Gasteiger partial charge in [0, 0.05) is 17.1 Å². The summed E-state index contributed by atoms with van der Waals surface area (Å²) in [6.45, 7) is 0. The van der Waals surface area contributed by atoms with Gasteiger partial charge in [0.2, 0.25) is 0 Å². The van der Waals surface area contributed by atoms with Crippen LogP contribution in [-0.2, 0) is 17.1 Å².